The second-order valence-electron chi connectivity index (χ2n) is 8.83. The number of nitrogens with one attached hydrogen (secondary N) is 1. The van der Waals surface area contributed by atoms with Gasteiger partial charge in [0.25, 0.3) is 5.56 Å². The minimum atomic E-state index is -5.84. The summed E-state index contributed by atoms with van der Waals surface area (Å²) in [4.78, 5) is 62.4. The largest absolute Gasteiger partial charge is 0.490 e. The van der Waals surface area contributed by atoms with Gasteiger partial charge in [-0.1, -0.05) is 23.3 Å². The van der Waals surface area contributed by atoms with E-state index in [1.54, 1.807) is 6.92 Å². The minimum absolute atomic E-state index is 0.300. The minimum Gasteiger partial charge on any atom is -0.387 e. The van der Waals surface area contributed by atoms with Crippen LogP contribution >= 0.6 is 23.5 Å². The molecule has 1 aromatic heterocycles. The van der Waals surface area contributed by atoms with Gasteiger partial charge in [-0.2, -0.15) is 8.62 Å². The van der Waals surface area contributed by atoms with Crippen molar-refractivity contribution in [2.24, 2.45) is 0 Å². The van der Waals surface area contributed by atoms with E-state index in [2.05, 4.69) is 8.62 Å². The van der Waals surface area contributed by atoms with Crippen molar-refractivity contribution in [1.29, 1.82) is 0 Å². The molecule has 1 fully saturated rings. The molecule has 0 spiro atoms. The van der Waals surface area contributed by atoms with Gasteiger partial charge in [-0.25, -0.2) is 18.5 Å². The monoisotopic (exact) mass is 620 g/mol. The number of ether oxygens (including phenoxy) is 1. The molecule has 0 radical (unpaired) electrons. The van der Waals surface area contributed by atoms with E-state index in [1.807, 2.05) is 24.9 Å². The molecule has 2 heterocycles. The number of aliphatic hydroxyl groups is 2. The predicted octanol–water partition coefficient (Wildman–Crippen LogP) is 0.950. The van der Waals surface area contributed by atoms with Gasteiger partial charge in [0.2, 0.25) is 0 Å². The number of phosphoric acid groups is 3. The zero-order valence-electron chi connectivity index (χ0n) is 21.0. The molecule has 0 bridgehead atoms. The van der Waals surface area contributed by atoms with Crippen LogP contribution in [0.4, 0.5) is 0 Å². The van der Waals surface area contributed by atoms with Gasteiger partial charge in [0, 0.05) is 12.3 Å². The van der Waals surface area contributed by atoms with Crippen LogP contribution in [0.5, 0.6) is 0 Å². The highest BCUT2D eigenvalue weighted by Crippen LogP contribution is 2.66. The fourth-order valence-corrected chi connectivity index (χ4v) is 6.77. The normalized spacial score (nSPS) is 26.0. The van der Waals surface area contributed by atoms with Crippen LogP contribution in [0.1, 0.15) is 46.3 Å². The SMILES string of the molecule is CC(C)=CCC/C(C)=C/CC(OP(=O)(O)OP(=O)(O)OP(=O)(O)O)[C@H]1O[C@@H](n2ccc(=O)[nH]c2=O)[C@H](O)[C@@H]1O. The Bertz CT molecular complexity index is 1330. The molecule has 0 aliphatic carbocycles. The molecule has 0 amide bonds. The lowest BCUT2D eigenvalue weighted by atomic mass is 10.0. The lowest BCUT2D eigenvalue weighted by Crippen LogP contribution is -2.40. The molecule has 7 atom stereocenters. The summed E-state index contributed by atoms with van der Waals surface area (Å²) in [7, 11) is -17.1. The molecule has 2 rings (SSSR count). The van der Waals surface area contributed by atoms with Crippen molar-refractivity contribution in [1.82, 2.24) is 9.55 Å². The Labute approximate surface area is 221 Å². The number of allylic oxidation sites excluding steroid dienone is 3. The van der Waals surface area contributed by atoms with Crippen LogP contribution in [0.25, 0.3) is 0 Å². The lowest BCUT2D eigenvalue weighted by Gasteiger charge is -2.27. The van der Waals surface area contributed by atoms with Crippen molar-refractivity contribution in [3.8, 4) is 0 Å². The first-order chi connectivity index (χ1) is 17.8. The smallest absolute Gasteiger partial charge is 0.387 e. The third kappa shape index (κ3) is 10.7. The Balaban J connectivity index is 2.36. The van der Waals surface area contributed by atoms with Gasteiger partial charge in [0.05, 0.1) is 0 Å². The van der Waals surface area contributed by atoms with Gasteiger partial charge < -0.3 is 34.5 Å². The van der Waals surface area contributed by atoms with Gasteiger partial charge >= 0.3 is 29.2 Å². The van der Waals surface area contributed by atoms with Crippen LogP contribution in [-0.4, -0.2) is 63.8 Å². The molecule has 20 heteroatoms. The molecule has 3 unspecified atom stereocenters. The van der Waals surface area contributed by atoms with Crippen LogP contribution in [0, 0.1) is 0 Å². The number of aliphatic hydroxyl groups excluding tert-OH is 2. The van der Waals surface area contributed by atoms with Crippen LogP contribution in [0.3, 0.4) is 0 Å². The molecule has 39 heavy (non-hydrogen) atoms. The summed E-state index contributed by atoms with van der Waals surface area (Å²) >= 11 is 0. The summed E-state index contributed by atoms with van der Waals surface area (Å²) in [6.07, 6.45) is -3.21. The summed E-state index contributed by atoms with van der Waals surface area (Å²) < 4.78 is 53.9. The zero-order valence-corrected chi connectivity index (χ0v) is 23.6. The van der Waals surface area contributed by atoms with E-state index in [0.29, 0.717) is 12.8 Å². The maximum Gasteiger partial charge on any atom is 0.490 e. The Morgan fingerprint density at radius 1 is 1.05 bits per heavy atom. The molecule has 1 saturated heterocycles. The second kappa shape index (κ2) is 13.4. The number of aromatic nitrogens is 2. The fraction of sp³-hybridized carbons (Fsp3) is 0.579. The van der Waals surface area contributed by atoms with Crippen molar-refractivity contribution in [2.45, 2.75) is 70.7 Å². The second-order valence-corrected chi connectivity index (χ2v) is 13.2. The topological polar surface area (TPSA) is 264 Å². The number of phosphoric ester groups is 1. The number of H-pyrrole nitrogens is 1. The number of aromatic amines is 1. The van der Waals surface area contributed by atoms with Gasteiger partial charge in [-0.05, 0) is 40.0 Å². The number of hydrogen-bond acceptors (Lipinski definition) is 11. The average molecular weight is 620 g/mol. The maximum atomic E-state index is 12.5. The molecular weight excluding hydrogens is 589 g/mol. The first kappa shape index (κ1) is 33.7. The van der Waals surface area contributed by atoms with Crippen LogP contribution < -0.4 is 11.2 Å². The van der Waals surface area contributed by atoms with E-state index in [0.717, 1.165) is 28.0 Å². The van der Waals surface area contributed by atoms with Crippen molar-refractivity contribution < 1.29 is 61.4 Å². The van der Waals surface area contributed by atoms with Gasteiger partial charge in [-0.15, -0.1) is 0 Å². The standard InChI is InChI=1S/C19H31N2O15P3/c1-11(2)5-4-6-12(3)7-8-13(34-38(29,30)36-39(31,32)35-37(26,27)28)17-15(23)16(24)18(33-17)21-10-9-14(22)20-19(21)25/h5,7,9-10,13,15-18,23-24H,4,6,8H2,1-3H3,(H,29,30)(H,31,32)(H,20,22,25)(H2,26,27,28)/b12-7+/t13?,15-,16+,17+,18+/m0/s1. The third-order valence-electron chi connectivity index (χ3n) is 5.24. The fourth-order valence-electron chi connectivity index (χ4n) is 3.57. The number of rotatable bonds is 13. The molecule has 1 aliphatic rings. The number of nitrogens with zero attached hydrogens (tertiary/aromatic N) is 1. The average Bonchev–Trinajstić information content (AvgIpc) is 3.03. The van der Waals surface area contributed by atoms with Crippen molar-refractivity contribution in [2.75, 3.05) is 0 Å². The molecule has 0 saturated carbocycles. The summed E-state index contributed by atoms with van der Waals surface area (Å²) in [5.41, 5.74) is 0.0844. The van der Waals surface area contributed by atoms with Crippen molar-refractivity contribution in [3.05, 3.63) is 56.4 Å². The molecule has 1 aliphatic heterocycles. The van der Waals surface area contributed by atoms with Gasteiger partial charge in [0.15, 0.2) is 6.23 Å². The highest BCUT2D eigenvalue weighted by atomic mass is 31.3. The van der Waals surface area contributed by atoms with E-state index in [4.69, 9.17) is 19.0 Å². The quantitative estimate of drug-likeness (QED) is 0.120. The number of hydrogen-bond donors (Lipinski definition) is 7. The molecule has 1 aromatic rings. The molecule has 7 N–H and O–H groups in total. The third-order valence-corrected chi connectivity index (χ3v) is 9.11. The van der Waals surface area contributed by atoms with E-state index in [1.165, 1.54) is 6.08 Å². The van der Waals surface area contributed by atoms with E-state index >= 15 is 0 Å². The van der Waals surface area contributed by atoms with E-state index in [9.17, 15) is 43.3 Å². The maximum absolute atomic E-state index is 12.5. The van der Waals surface area contributed by atoms with E-state index in [-0.39, 0.29) is 6.42 Å². The molecule has 17 nitrogen and oxygen atoms in total. The first-order valence-corrected chi connectivity index (χ1v) is 15.8. The Morgan fingerprint density at radius 3 is 2.26 bits per heavy atom. The Morgan fingerprint density at radius 2 is 1.69 bits per heavy atom. The highest BCUT2D eigenvalue weighted by Gasteiger charge is 2.50. The lowest BCUT2D eigenvalue weighted by molar-refractivity contribution is -0.0823. The van der Waals surface area contributed by atoms with Crippen LogP contribution in [0.15, 0.2) is 45.2 Å². The van der Waals surface area contributed by atoms with Crippen LogP contribution in [-0.2, 0) is 31.6 Å². The predicted molar refractivity (Wildman–Crippen MR) is 133 cm³/mol. The summed E-state index contributed by atoms with van der Waals surface area (Å²) in [6.45, 7) is 5.54. The van der Waals surface area contributed by atoms with Gasteiger partial charge in [-0.3, -0.25) is 18.9 Å². The molecule has 0 aromatic carbocycles. The first-order valence-electron chi connectivity index (χ1n) is 11.2. The molecule has 222 valence electrons. The summed E-state index contributed by atoms with van der Waals surface area (Å²) in [5, 5.41) is 21.2. The summed E-state index contributed by atoms with van der Waals surface area (Å²) in [6, 6.07) is 0.944. The van der Waals surface area contributed by atoms with Crippen molar-refractivity contribution >= 4 is 23.5 Å². The zero-order chi connectivity index (χ0) is 29.8. The Kier molecular flexibility index (Phi) is 11.6. The molecular formula is C19H31N2O15P3. The van der Waals surface area contributed by atoms with E-state index < -0.39 is 65.4 Å². The van der Waals surface area contributed by atoms with Gasteiger partial charge in [0.1, 0.15) is 24.4 Å². The highest BCUT2D eigenvalue weighted by molar-refractivity contribution is 7.66. The van der Waals surface area contributed by atoms with Crippen LogP contribution in [0.2, 0.25) is 0 Å². The van der Waals surface area contributed by atoms with Crippen molar-refractivity contribution in [3.63, 3.8) is 0 Å². The summed E-state index contributed by atoms with van der Waals surface area (Å²) in [5.74, 6) is 0. The Hall–Kier alpha value is -1.55.